The summed E-state index contributed by atoms with van der Waals surface area (Å²) in [7, 11) is -3.12. The number of nitrogens with zero attached hydrogens (tertiary/aromatic N) is 5. The number of hydrogen-bond acceptors (Lipinski definition) is 7. The van der Waals surface area contributed by atoms with E-state index in [0.29, 0.717) is 0 Å². The third-order valence-electron chi connectivity index (χ3n) is 1.77. The Labute approximate surface area is 98.3 Å². The highest BCUT2D eigenvalue weighted by Crippen LogP contribution is 1.99. The van der Waals surface area contributed by atoms with Gasteiger partial charge in [0.25, 0.3) is 0 Å². The monoisotopic (exact) mass is 263 g/mol. The molecule has 0 radical (unpaired) electrons. The van der Waals surface area contributed by atoms with Crippen LogP contribution in [0.2, 0.25) is 0 Å². The smallest absolute Gasteiger partial charge is 0.222 e. The van der Waals surface area contributed by atoms with E-state index < -0.39 is 10.2 Å². The molecule has 0 bridgehead atoms. The minimum atomic E-state index is -4.94. The van der Waals surface area contributed by atoms with Crippen LogP contribution in [-0.4, -0.2) is 19.9 Å². The number of rotatable bonds is 0. The quantitative estimate of drug-likeness (QED) is 0.433. The maximum absolute atomic E-state index is 8.49. The maximum Gasteiger partial charge on any atom is 0.407 e. The molecule has 9 nitrogen and oxygen atoms in total. The van der Waals surface area contributed by atoms with Crippen molar-refractivity contribution in [3.05, 3.63) is 17.5 Å². The SMILES string of the molecule is Cc1cc(C)n2nn[n+](C)c2n1.[O-][Cl+3]([O-])([O-])[O-]. The zero-order valence-electron chi connectivity index (χ0n) is 9.32. The lowest BCUT2D eigenvalue weighted by Crippen LogP contribution is -2.68. The normalized spacial score (nSPS) is 11.2. The molecule has 17 heavy (non-hydrogen) atoms. The lowest BCUT2D eigenvalue weighted by molar-refractivity contribution is -2.00. The van der Waals surface area contributed by atoms with Crippen LogP contribution in [0.1, 0.15) is 11.4 Å². The second-order valence-electron chi connectivity index (χ2n) is 3.23. The first-order valence-electron chi connectivity index (χ1n) is 4.36. The van der Waals surface area contributed by atoms with Crippen molar-refractivity contribution in [2.75, 3.05) is 0 Å². The van der Waals surface area contributed by atoms with E-state index in [4.69, 9.17) is 18.6 Å². The molecule has 0 saturated carbocycles. The first-order valence-corrected chi connectivity index (χ1v) is 5.59. The molecule has 0 aliphatic rings. The van der Waals surface area contributed by atoms with Crippen molar-refractivity contribution in [1.29, 1.82) is 0 Å². The Hall–Kier alpha value is -1.39. The lowest BCUT2D eigenvalue weighted by atomic mass is 10.4. The summed E-state index contributed by atoms with van der Waals surface area (Å²) in [5.41, 5.74) is 2.03. The van der Waals surface area contributed by atoms with Crippen molar-refractivity contribution in [2.45, 2.75) is 13.8 Å². The van der Waals surface area contributed by atoms with Gasteiger partial charge < -0.3 is 0 Å². The van der Waals surface area contributed by atoms with Gasteiger partial charge in [-0.05, 0) is 13.8 Å². The minimum Gasteiger partial charge on any atom is -0.222 e. The molecule has 0 aliphatic carbocycles. The topological polar surface area (TPSA) is 139 Å². The van der Waals surface area contributed by atoms with Gasteiger partial charge in [0, 0.05) is 6.07 Å². The van der Waals surface area contributed by atoms with Crippen LogP contribution in [0.4, 0.5) is 0 Å². The van der Waals surface area contributed by atoms with Gasteiger partial charge in [0.2, 0.25) is 0 Å². The summed E-state index contributed by atoms with van der Waals surface area (Å²) in [6, 6.07) is 1.97. The summed E-state index contributed by atoms with van der Waals surface area (Å²) in [6.45, 7) is 3.94. The van der Waals surface area contributed by atoms with E-state index in [1.54, 1.807) is 9.20 Å². The summed E-state index contributed by atoms with van der Waals surface area (Å²) in [5, 5.41) is 7.79. The third-order valence-corrected chi connectivity index (χ3v) is 1.77. The van der Waals surface area contributed by atoms with Crippen molar-refractivity contribution >= 4 is 5.78 Å². The first-order chi connectivity index (χ1) is 7.68. The van der Waals surface area contributed by atoms with Gasteiger partial charge >= 0.3 is 5.78 Å². The van der Waals surface area contributed by atoms with Gasteiger partial charge in [-0.15, -0.1) is 19.9 Å². The van der Waals surface area contributed by atoms with Crippen LogP contribution >= 0.6 is 0 Å². The maximum atomic E-state index is 8.49. The van der Waals surface area contributed by atoms with E-state index in [0.717, 1.165) is 17.2 Å². The number of aromatic nitrogens is 5. The van der Waals surface area contributed by atoms with Gasteiger partial charge in [0.1, 0.15) is 16.6 Å². The fourth-order valence-corrected chi connectivity index (χ4v) is 1.22. The van der Waals surface area contributed by atoms with Crippen molar-refractivity contribution in [2.24, 2.45) is 7.05 Å². The van der Waals surface area contributed by atoms with Crippen LogP contribution in [0.5, 0.6) is 0 Å². The third kappa shape index (κ3) is 4.17. The van der Waals surface area contributed by atoms with E-state index in [9.17, 15) is 0 Å². The molecule has 0 atom stereocenters. The van der Waals surface area contributed by atoms with Crippen molar-refractivity contribution in [1.82, 2.24) is 19.9 Å². The Balaban J connectivity index is 0.000000249. The predicted molar refractivity (Wildman–Crippen MR) is 41.4 cm³/mol. The molecule has 0 aliphatic heterocycles. The molecule has 2 rings (SSSR count). The van der Waals surface area contributed by atoms with Crippen molar-refractivity contribution in [3.63, 3.8) is 0 Å². The van der Waals surface area contributed by atoms with Gasteiger partial charge in [-0.1, -0.05) is 4.52 Å². The Morgan fingerprint density at radius 3 is 2.29 bits per heavy atom. The predicted octanol–water partition coefficient (Wildman–Crippen LogP) is -5.19. The molecule has 0 unspecified atom stereocenters. The van der Waals surface area contributed by atoms with Crippen LogP contribution < -0.4 is 23.3 Å². The van der Waals surface area contributed by atoms with E-state index in [2.05, 4.69) is 15.4 Å². The Bertz CT molecular complexity index is 517. The fourth-order valence-electron chi connectivity index (χ4n) is 1.22. The Kier molecular flexibility index (Phi) is 3.91. The standard InChI is InChI=1S/C7H10N5.ClHO4/c1-5-4-6(2)12-7(8-5)11(3)9-10-12;2-1(3,4)5/h4H,1-3H3;(H,2,3,4,5)/q+1;/p-1. The van der Waals surface area contributed by atoms with E-state index in [1.807, 2.05) is 27.0 Å². The molecule has 2 aromatic heterocycles. The van der Waals surface area contributed by atoms with Crippen LogP contribution in [-0.2, 0) is 7.05 Å². The second-order valence-corrected chi connectivity index (χ2v) is 3.99. The average molecular weight is 264 g/mol. The zero-order valence-corrected chi connectivity index (χ0v) is 10.1. The molecule has 0 spiro atoms. The highest BCUT2D eigenvalue weighted by molar-refractivity contribution is 5.23. The number of fused-ring (bicyclic) bond motifs is 1. The highest BCUT2D eigenvalue weighted by atomic mass is 35.7. The van der Waals surface area contributed by atoms with Gasteiger partial charge in [-0.2, -0.15) is 0 Å². The van der Waals surface area contributed by atoms with E-state index >= 15 is 0 Å². The second kappa shape index (κ2) is 4.85. The minimum absolute atomic E-state index is 0.771. The summed E-state index contributed by atoms with van der Waals surface area (Å²) in [6.07, 6.45) is 0. The van der Waals surface area contributed by atoms with E-state index in [-0.39, 0.29) is 0 Å². The molecular formula is C7H10ClN5O4. The van der Waals surface area contributed by atoms with Crippen molar-refractivity contribution < 1.29 is 33.6 Å². The van der Waals surface area contributed by atoms with Gasteiger partial charge in [0.15, 0.2) is 0 Å². The highest BCUT2D eigenvalue weighted by Gasteiger charge is 2.13. The number of hydrogen-bond donors (Lipinski definition) is 0. The molecule has 2 aromatic rings. The molecule has 0 aromatic carbocycles. The number of halogens is 1. The number of aryl methyl sites for hydroxylation is 3. The molecule has 10 heteroatoms. The Morgan fingerprint density at radius 2 is 1.76 bits per heavy atom. The number of tetrazole rings is 1. The van der Waals surface area contributed by atoms with Gasteiger partial charge in [-0.3, -0.25) is 0 Å². The fraction of sp³-hybridized carbons (Fsp3) is 0.429. The molecule has 94 valence electrons. The summed E-state index contributed by atoms with van der Waals surface area (Å²) in [4.78, 5) is 4.30. The van der Waals surface area contributed by atoms with Crippen LogP contribution in [0.25, 0.3) is 5.78 Å². The van der Waals surface area contributed by atoms with Crippen LogP contribution in [0.3, 0.4) is 0 Å². The molecule has 2 heterocycles. The molecule has 0 N–H and O–H groups in total. The van der Waals surface area contributed by atoms with E-state index in [1.165, 1.54) is 0 Å². The summed E-state index contributed by atoms with van der Waals surface area (Å²) < 4.78 is 37.3. The molecular weight excluding hydrogens is 254 g/mol. The molecule has 0 fully saturated rings. The van der Waals surface area contributed by atoms with Crippen LogP contribution in [0.15, 0.2) is 6.07 Å². The summed E-state index contributed by atoms with van der Waals surface area (Å²) in [5.74, 6) is 0.771. The lowest BCUT2D eigenvalue weighted by Gasteiger charge is -2.17. The van der Waals surface area contributed by atoms with Crippen molar-refractivity contribution in [3.8, 4) is 0 Å². The largest absolute Gasteiger partial charge is 0.407 e. The molecule has 0 amide bonds. The van der Waals surface area contributed by atoms with Gasteiger partial charge in [-0.25, -0.2) is 18.6 Å². The van der Waals surface area contributed by atoms with Gasteiger partial charge in [0.05, 0.1) is 12.3 Å². The van der Waals surface area contributed by atoms with Crippen LogP contribution in [0, 0.1) is 24.1 Å². The zero-order chi connectivity index (χ0) is 13.2. The first kappa shape index (κ1) is 13.7. The molecule has 0 saturated heterocycles. The Morgan fingerprint density at radius 1 is 1.24 bits per heavy atom. The average Bonchev–Trinajstić information content (AvgIpc) is 2.45. The summed E-state index contributed by atoms with van der Waals surface area (Å²) >= 11 is 0.